The third-order valence-electron chi connectivity index (χ3n) is 3.00. The molecule has 98 valence electrons. The number of hydrogen-bond acceptors (Lipinski definition) is 2. The van der Waals surface area contributed by atoms with E-state index in [4.69, 9.17) is 4.74 Å². The van der Waals surface area contributed by atoms with Crippen molar-refractivity contribution in [2.24, 2.45) is 0 Å². The molecule has 18 heavy (non-hydrogen) atoms. The Morgan fingerprint density at radius 1 is 1.33 bits per heavy atom. The van der Waals surface area contributed by atoms with Crippen molar-refractivity contribution in [2.45, 2.75) is 45.1 Å². The van der Waals surface area contributed by atoms with Crippen LogP contribution in [0.4, 0.5) is 0 Å². The summed E-state index contributed by atoms with van der Waals surface area (Å²) < 4.78 is 5.64. The highest BCUT2D eigenvalue weighted by Crippen LogP contribution is 2.30. The van der Waals surface area contributed by atoms with Gasteiger partial charge in [0.2, 0.25) is 0 Å². The van der Waals surface area contributed by atoms with Crippen LogP contribution in [0.15, 0.2) is 24.3 Å². The van der Waals surface area contributed by atoms with Crippen molar-refractivity contribution < 1.29 is 9.53 Å². The third kappa shape index (κ3) is 3.49. The fraction of sp³-hybridized carbons (Fsp3) is 0.533. The molecule has 0 spiro atoms. The van der Waals surface area contributed by atoms with Crippen LogP contribution in [0.25, 0.3) is 0 Å². The minimum Gasteiger partial charge on any atom is -0.483 e. The lowest BCUT2D eigenvalue weighted by molar-refractivity contribution is -0.123. The summed E-state index contributed by atoms with van der Waals surface area (Å²) in [5, 5.41) is 2.92. The second kappa shape index (κ2) is 5.01. The van der Waals surface area contributed by atoms with Crippen molar-refractivity contribution in [3.63, 3.8) is 0 Å². The van der Waals surface area contributed by atoms with Crippen molar-refractivity contribution >= 4 is 5.91 Å². The maximum Gasteiger partial charge on any atom is 0.258 e. The van der Waals surface area contributed by atoms with Gasteiger partial charge in [-0.15, -0.1) is 0 Å². The van der Waals surface area contributed by atoms with Gasteiger partial charge in [0.25, 0.3) is 5.91 Å². The summed E-state index contributed by atoms with van der Waals surface area (Å²) in [6, 6.07) is 8.29. The zero-order chi connectivity index (χ0) is 13.2. The van der Waals surface area contributed by atoms with E-state index in [0.29, 0.717) is 6.04 Å². The maximum absolute atomic E-state index is 11.6. The van der Waals surface area contributed by atoms with Crippen molar-refractivity contribution in [3.8, 4) is 5.75 Å². The quantitative estimate of drug-likeness (QED) is 0.888. The number of benzene rings is 1. The Kier molecular flexibility index (Phi) is 3.60. The SMILES string of the molecule is CC(C)(C)c1ccccc1OCC(=O)NC1CC1. The molecule has 1 aromatic rings. The maximum atomic E-state index is 11.6. The molecule has 0 radical (unpaired) electrons. The van der Waals surface area contributed by atoms with Gasteiger partial charge in [-0.2, -0.15) is 0 Å². The molecule has 1 fully saturated rings. The molecule has 3 heteroatoms. The Balaban J connectivity index is 1.97. The molecule has 1 N–H and O–H groups in total. The molecular formula is C15H21NO2. The molecule has 1 aromatic carbocycles. The van der Waals surface area contributed by atoms with Crippen molar-refractivity contribution in [1.82, 2.24) is 5.32 Å². The summed E-state index contributed by atoms with van der Waals surface area (Å²) in [4.78, 5) is 11.6. The van der Waals surface area contributed by atoms with Gasteiger partial charge in [-0.1, -0.05) is 39.0 Å². The molecule has 0 unspecified atom stereocenters. The van der Waals surface area contributed by atoms with Crippen LogP contribution in [0.1, 0.15) is 39.2 Å². The number of carbonyl (C=O) groups is 1. The topological polar surface area (TPSA) is 38.3 Å². The summed E-state index contributed by atoms with van der Waals surface area (Å²) in [5.74, 6) is 0.775. The molecule has 0 atom stereocenters. The molecule has 1 saturated carbocycles. The summed E-state index contributed by atoms with van der Waals surface area (Å²) in [7, 11) is 0. The molecule has 2 rings (SSSR count). The van der Waals surface area contributed by atoms with Crippen LogP contribution >= 0.6 is 0 Å². The first-order valence-electron chi connectivity index (χ1n) is 6.48. The summed E-state index contributed by atoms with van der Waals surface area (Å²) in [5.41, 5.74) is 1.15. The number of amides is 1. The van der Waals surface area contributed by atoms with E-state index < -0.39 is 0 Å². The van der Waals surface area contributed by atoms with Crippen LogP contribution in [-0.4, -0.2) is 18.6 Å². The predicted molar refractivity (Wildman–Crippen MR) is 71.8 cm³/mol. The lowest BCUT2D eigenvalue weighted by Crippen LogP contribution is -2.30. The molecule has 1 amide bonds. The Morgan fingerprint density at radius 3 is 2.61 bits per heavy atom. The van der Waals surface area contributed by atoms with Crippen LogP contribution in [0.5, 0.6) is 5.75 Å². The van der Waals surface area contributed by atoms with Gasteiger partial charge >= 0.3 is 0 Å². The van der Waals surface area contributed by atoms with Gasteiger partial charge in [0, 0.05) is 6.04 Å². The molecule has 0 heterocycles. The van der Waals surface area contributed by atoms with Gasteiger partial charge in [-0.05, 0) is 29.9 Å². The fourth-order valence-corrected chi connectivity index (χ4v) is 1.85. The van der Waals surface area contributed by atoms with E-state index >= 15 is 0 Å². The molecule has 1 aliphatic carbocycles. The molecular weight excluding hydrogens is 226 g/mol. The Bertz CT molecular complexity index is 430. The average molecular weight is 247 g/mol. The van der Waals surface area contributed by atoms with E-state index in [9.17, 15) is 4.79 Å². The van der Waals surface area contributed by atoms with Gasteiger partial charge in [0.15, 0.2) is 6.61 Å². The first kappa shape index (κ1) is 12.9. The number of nitrogens with one attached hydrogen (secondary N) is 1. The highest BCUT2D eigenvalue weighted by Gasteiger charge is 2.24. The van der Waals surface area contributed by atoms with Gasteiger partial charge in [0.05, 0.1) is 0 Å². The lowest BCUT2D eigenvalue weighted by Gasteiger charge is -2.22. The number of ether oxygens (including phenoxy) is 1. The van der Waals surface area contributed by atoms with E-state index in [1.165, 1.54) is 0 Å². The van der Waals surface area contributed by atoms with Crippen LogP contribution in [-0.2, 0) is 10.2 Å². The zero-order valence-corrected chi connectivity index (χ0v) is 11.3. The Hall–Kier alpha value is -1.51. The molecule has 0 saturated heterocycles. The summed E-state index contributed by atoms with van der Waals surface area (Å²) in [6.07, 6.45) is 2.20. The van der Waals surface area contributed by atoms with E-state index in [1.54, 1.807) is 0 Å². The number of para-hydroxylation sites is 1. The van der Waals surface area contributed by atoms with Gasteiger partial charge < -0.3 is 10.1 Å². The third-order valence-corrected chi connectivity index (χ3v) is 3.00. The molecule has 0 bridgehead atoms. The molecule has 3 nitrogen and oxygen atoms in total. The first-order valence-corrected chi connectivity index (χ1v) is 6.48. The predicted octanol–water partition coefficient (Wildman–Crippen LogP) is 2.64. The Morgan fingerprint density at radius 2 is 2.00 bits per heavy atom. The molecule has 1 aliphatic rings. The molecule has 0 aromatic heterocycles. The highest BCUT2D eigenvalue weighted by molar-refractivity contribution is 5.78. The monoisotopic (exact) mass is 247 g/mol. The number of rotatable bonds is 4. The molecule has 0 aliphatic heterocycles. The van der Waals surface area contributed by atoms with Gasteiger partial charge in [0.1, 0.15) is 5.75 Å². The van der Waals surface area contributed by atoms with Crippen LogP contribution < -0.4 is 10.1 Å². The Labute approximate surface area is 109 Å². The minimum absolute atomic E-state index is 0.0174. The van der Waals surface area contributed by atoms with Crippen LogP contribution in [0.3, 0.4) is 0 Å². The summed E-state index contributed by atoms with van der Waals surface area (Å²) >= 11 is 0. The normalized spacial score (nSPS) is 15.3. The van der Waals surface area contributed by atoms with E-state index in [-0.39, 0.29) is 17.9 Å². The smallest absolute Gasteiger partial charge is 0.258 e. The second-order valence-electron chi connectivity index (χ2n) is 5.88. The minimum atomic E-state index is -0.0267. The van der Waals surface area contributed by atoms with Crippen LogP contribution in [0, 0.1) is 0 Å². The average Bonchev–Trinajstić information content (AvgIpc) is 3.09. The van der Waals surface area contributed by atoms with E-state index in [1.807, 2.05) is 24.3 Å². The number of carbonyl (C=O) groups excluding carboxylic acids is 1. The van der Waals surface area contributed by atoms with Crippen molar-refractivity contribution in [3.05, 3.63) is 29.8 Å². The van der Waals surface area contributed by atoms with Crippen molar-refractivity contribution in [2.75, 3.05) is 6.61 Å². The van der Waals surface area contributed by atoms with E-state index in [2.05, 4.69) is 26.1 Å². The van der Waals surface area contributed by atoms with Crippen molar-refractivity contribution in [1.29, 1.82) is 0 Å². The highest BCUT2D eigenvalue weighted by atomic mass is 16.5. The lowest BCUT2D eigenvalue weighted by atomic mass is 9.86. The van der Waals surface area contributed by atoms with E-state index in [0.717, 1.165) is 24.2 Å². The zero-order valence-electron chi connectivity index (χ0n) is 11.3. The first-order chi connectivity index (χ1) is 8.47. The fourth-order valence-electron chi connectivity index (χ4n) is 1.85. The number of hydrogen-bond donors (Lipinski definition) is 1. The summed E-state index contributed by atoms with van der Waals surface area (Å²) in [6.45, 7) is 6.52. The van der Waals surface area contributed by atoms with Gasteiger partial charge in [-0.3, -0.25) is 4.79 Å². The largest absolute Gasteiger partial charge is 0.483 e. The van der Waals surface area contributed by atoms with Crippen LogP contribution in [0.2, 0.25) is 0 Å². The second-order valence-corrected chi connectivity index (χ2v) is 5.88. The van der Waals surface area contributed by atoms with Gasteiger partial charge in [-0.25, -0.2) is 0 Å². The standard InChI is InChI=1S/C15H21NO2/c1-15(2,3)12-6-4-5-7-13(12)18-10-14(17)16-11-8-9-11/h4-7,11H,8-10H2,1-3H3,(H,16,17).